The molecule has 0 spiro atoms. The van der Waals surface area contributed by atoms with Crippen molar-refractivity contribution in [2.45, 2.75) is 54.4 Å². The van der Waals surface area contributed by atoms with E-state index in [1.807, 2.05) is 7.05 Å². The van der Waals surface area contributed by atoms with Crippen LogP contribution in [0.4, 0.5) is 0 Å². The van der Waals surface area contributed by atoms with Gasteiger partial charge in [0.05, 0.1) is 0 Å². The summed E-state index contributed by atoms with van der Waals surface area (Å²) in [5.74, 6) is 0.770. The van der Waals surface area contributed by atoms with E-state index in [1.165, 1.54) is 12.8 Å². The second kappa shape index (κ2) is 4.95. The Labute approximate surface area is 90.0 Å². The summed E-state index contributed by atoms with van der Waals surface area (Å²) in [6.45, 7) is 13.9. The second-order valence-corrected chi connectivity index (χ2v) is 5.85. The maximum absolute atomic E-state index is 4.15. The Morgan fingerprint density at radius 2 is 1.71 bits per heavy atom. The first kappa shape index (κ1) is 13.7. The fourth-order valence-corrected chi connectivity index (χ4v) is 2.30. The number of hydrogen-bond acceptors (Lipinski definition) is 1. The lowest BCUT2D eigenvalue weighted by atomic mass is 9.68. The Kier molecular flexibility index (Phi) is 4.83. The molecule has 0 amide bonds. The molecule has 0 aliphatic heterocycles. The van der Waals surface area contributed by atoms with Gasteiger partial charge in [-0.2, -0.15) is 0 Å². The molecular weight excluding hydrogens is 170 g/mol. The first-order chi connectivity index (χ1) is 6.25. The highest BCUT2D eigenvalue weighted by Crippen LogP contribution is 2.39. The summed E-state index contributed by atoms with van der Waals surface area (Å²) in [5, 5.41) is 0. The van der Waals surface area contributed by atoms with Gasteiger partial charge in [0.1, 0.15) is 0 Å². The molecule has 0 saturated carbocycles. The molecule has 0 radical (unpaired) electrons. The highest BCUT2D eigenvalue weighted by molar-refractivity contribution is 5.64. The zero-order valence-corrected chi connectivity index (χ0v) is 11.0. The first-order valence-corrected chi connectivity index (χ1v) is 5.68. The molecule has 1 atom stereocenters. The summed E-state index contributed by atoms with van der Waals surface area (Å²) in [7, 11) is 1.86. The van der Waals surface area contributed by atoms with Gasteiger partial charge in [0.25, 0.3) is 0 Å². The van der Waals surface area contributed by atoms with Crippen molar-refractivity contribution in [3.63, 3.8) is 0 Å². The molecule has 0 aromatic carbocycles. The van der Waals surface area contributed by atoms with Gasteiger partial charge in [0.15, 0.2) is 0 Å². The Morgan fingerprint density at radius 1 is 1.21 bits per heavy atom. The van der Waals surface area contributed by atoms with Gasteiger partial charge < -0.3 is 4.99 Å². The average Bonchev–Trinajstić information content (AvgIpc) is 2.00. The van der Waals surface area contributed by atoms with Gasteiger partial charge in [-0.25, -0.2) is 0 Å². The summed E-state index contributed by atoms with van der Waals surface area (Å²) >= 11 is 0. The van der Waals surface area contributed by atoms with Crippen LogP contribution in [0.5, 0.6) is 0 Å². The molecule has 0 fully saturated rings. The van der Waals surface area contributed by atoms with E-state index in [0.717, 1.165) is 5.92 Å². The molecule has 1 nitrogen and oxygen atoms in total. The van der Waals surface area contributed by atoms with E-state index in [1.54, 1.807) is 0 Å². The third-order valence-electron chi connectivity index (χ3n) is 3.34. The van der Waals surface area contributed by atoms with Crippen molar-refractivity contribution in [1.82, 2.24) is 0 Å². The van der Waals surface area contributed by atoms with Gasteiger partial charge in [0, 0.05) is 18.7 Å². The molecule has 14 heavy (non-hydrogen) atoms. The molecule has 84 valence electrons. The SMILES string of the molecule is CCC(C)C(C)(C)CC(C)(C)/C=N\C. The fourth-order valence-electron chi connectivity index (χ4n) is 2.30. The zero-order valence-electron chi connectivity index (χ0n) is 11.0. The van der Waals surface area contributed by atoms with E-state index in [9.17, 15) is 0 Å². The molecule has 0 bridgehead atoms. The molecule has 0 N–H and O–H groups in total. The lowest BCUT2D eigenvalue weighted by Crippen LogP contribution is -2.29. The molecule has 0 aromatic heterocycles. The Hall–Kier alpha value is -0.330. The molecule has 1 heteroatoms. The molecule has 0 saturated heterocycles. The molecule has 0 aliphatic rings. The summed E-state index contributed by atoms with van der Waals surface area (Å²) in [6, 6.07) is 0. The van der Waals surface area contributed by atoms with E-state index < -0.39 is 0 Å². The average molecular weight is 197 g/mol. The fraction of sp³-hybridized carbons (Fsp3) is 0.923. The van der Waals surface area contributed by atoms with E-state index in [0.29, 0.717) is 5.41 Å². The maximum atomic E-state index is 4.15. The molecule has 0 heterocycles. The van der Waals surface area contributed by atoms with Crippen LogP contribution in [0.1, 0.15) is 54.4 Å². The van der Waals surface area contributed by atoms with Crippen molar-refractivity contribution in [3.05, 3.63) is 0 Å². The molecule has 0 aromatic rings. The van der Waals surface area contributed by atoms with Crippen molar-refractivity contribution in [2.24, 2.45) is 21.7 Å². The van der Waals surface area contributed by atoms with Crippen molar-refractivity contribution in [1.29, 1.82) is 0 Å². The van der Waals surface area contributed by atoms with Crippen LogP contribution in [0.25, 0.3) is 0 Å². The Morgan fingerprint density at radius 3 is 2.07 bits per heavy atom. The minimum absolute atomic E-state index is 0.224. The van der Waals surface area contributed by atoms with Gasteiger partial charge in [-0.3, -0.25) is 0 Å². The van der Waals surface area contributed by atoms with Crippen LogP contribution in [-0.2, 0) is 0 Å². The van der Waals surface area contributed by atoms with E-state index >= 15 is 0 Å². The third-order valence-corrected chi connectivity index (χ3v) is 3.34. The molecule has 1 unspecified atom stereocenters. The number of rotatable bonds is 5. The molecular formula is C13H27N. The van der Waals surface area contributed by atoms with Gasteiger partial charge in [-0.05, 0) is 17.8 Å². The second-order valence-electron chi connectivity index (χ2n) is 5.85. The van der Waals surface area contributed by atoms with Crippen molar-refractivity contribution in [3.8, 4) is 0 Å². The summed E-state index contributed by atoms with van der Waals surface area (Å²) < 4.78 is 0. The van der Waals surface area contributed by atoms with Crippen LogP contribution < -0.4 is 0 Å². The molecule has 0 aliphatic carbocycles. The smallest absolute Gasteiger partial charge is 0.0273 e. The van der Waals surface area contributed by atoms with E-state index in [-0.39, 0.29) is 5.41 Å². The topological polar surface area (TPSA) is 12.4 Å². The lowest BCUT2D eigenvalue weighted by molar-refractivity contribution is 0.162. The first-order valence-electron chi connectivity index (χ1n) is 5.68. The highest BCUT2D eigenvalue weighted by Gasteiger charge is 2.31. The van der Waals surface area contributed by atoms with E-state index in [4.69, 9.17) is 0 Å². The normalized spacial score (nSPS) is 16.2. The lowest BCUT2D eigenvalue weighted by Gasteiger charge is -2.37. The summed E-state index contributed by atoms with van der Waals surface area (Å²) in [5.41, 5.74) is 0.626. The van der Waals surface area contributed by atoms with Crippen LogP contribution in [0.3, 0.4) is 0 Å². The standard InChI is InChI=1S/C13H27N/c1-8-11(2)13(5,6)9-12(3,4)10-14-7/h10-11H,8-9H2,1-7H3/b14-10-. The monoisotopic (exact) mass is 197 g/mol. The highest BCUT2D eigenvalue weighted by atomic mass is 14.7. The van der Waals surface area contributed by atoms with Gasteiger partial charge >= 0.3 is 0 Å². The van der Waals surface area contributed by atoms with Crippen LogP contribution >= 0.6 is 0 Å². The maximum Gasteiger partial charge on any atom is 0.0273 e. The van der Waals surface area contributed by atoms with Crippen molar-refractivity contribution in [2.75, 3.05) is 7.05 Å². The van der Waals surface area contributed by atoms with E-state index in [2.05, 4.69) is 52.7 Å². The van der Waals surface area contributed by atoms with Crippen molar-refractivity contribution < 1.29 is 0 Å². The predicted octanol–water partition coefficient (Wildman–Crippen LogP) is 4.18. The van der Waals surface area contributed by atoms with Gasteiger partial charge in [-0.15, -0.1) is 0 Å². The molecule has 0 rings (SSSR count). The summed E-state index contributed by atoms with van der Waals surface area (Å²) in [6.07, 6.45) is 4.54. The third kappa shape index (κ3) is 4.26. The number of nitrogens with zero attached hydrogens (tertiary/aromatic N) is 1. The minimum Gasteiger partial charge on any atom is -0.300 e. The number of hydrogen-bond donors (Lipinski definition) is 0. The van der Waals surface area contributed by atoms with Gasteiger partial charge in [0.2, 0.25) is 0 Å². The van der Waals surface area contributed by atoms with Crippen LogP contribution in [-0.4, -0.2) is 13.3 Å². The largest absolute Gasteiger partial charge is 0.300 e. The van der Waals surface area contributed by atoms with Crippen LogP contribution in [0.15, 0.2) is 4.99 Å². The minimum atomic E-state index is 0.224. The Balaban J connectivity index is 4.48. The number of aliphatic imine (C=N–C) groups is 1. The zero-order chi connectivity index (χ0) is 11.4. The van der Waals surface area contributed by atoms with Gasteiger partial charge in [-0.1, -0.05) is 48.0 Å². The Bertz CT molecular complexity index is 189. The summed E-state index contributed by atoms with van der Waals surface area (Å²) in [4.78, 5) is 4.15. The van der Waals surface area contributed by atoms with Crippen LogP contribution in [0, 0.1) is 16.7 Å². The quantitative estimate of drug-likeness (QED) is 0.586. The predicted molar refractivity (Wildman–Crippen MR) is 66.1 cm³/mol. The van der Waals surface area contributed by atoms with Crippen LogP contribution in [0.2, 0.25) is 0 Å². The van der Waals surface area contributed by atoms with Crippen molar-refractivity contribution >= 4 is 6.21 Å².